The summed E-state index contributed by atoms with van der Waals surface area (Å²) in [6.45, 7) is 0.730. The maximum absolute atomic E-state index is 11.1. The van der Waals surface area contributed by atoms with Crippen LogP contribution in [0.1, 0.15) is 0 Å². The summed E-state index contributed by atoms with van der Waals surface area (Å²) in [6.07, 6.45) is 0.665. The zero-order valence-electron chi connectivity index (χ0n) is 8.60. The molecular formula is C11H12INO3. The number of anilines is 1. The Labute approximate surface area is 107 Å². The molecule has 5 heteroatoms. The third-order valence-corrected chi connectivity index (χ3v) is 3.39. The molecule has 0 spiro atoms. The minimum atomic E-state index is -1.20. The molecule has 0 bridgehead atoms. The lowest BCUT2D eigenvalue weighted by molar-refractivity contribution is -0.129. The van der Waals surface area contributed by atoms with E-state index in [9.17, 15) is 9.90 Å². The molecule has 16 heavy (non-hydrogen) atoms. The maximum atomic E-state index is 11.1. The molecule has 4 nitrogen and oxygen atoms in total. The van der Waals surface area contributed by atoms with E-state index in [1.54, 1.807) is 4.90 Å². The number of aliphatic hydroxyl groups excluding tert-OH is 1. The second-order valence-electron chi connectivity index (χ2n) is 3.60. The van der Waals surface area contributed by atoms with Gasteiger partial charge in [0.15, 0.2) is 6.29 Å². The van der Waals surface area contributed by atoms with Crippen LogP contribution < -0.4 is 4.90 Å². The number of aliphatic hydroxyl groups is 1. The van der Waals surface area contributed by atoms with Crippen LogP contribution in [0.4, 0.5) is 5.69 Å². The van der Waals surface area contributed by atoms with E-state index in [2.05, 4.69) is 22.6 Å². The van der Waals surface area contributed by atoms with E-state index in [4.69, 9.17) is 4.74 Å². The first-order chi connectivity index (χ1) is 7.72. The van der Waals surface area contributed by atoms with Crippen LogP contribution in [0.3, 0.4) is 0 Å². The first-order valence-corrected chi connectivity index (χ1v) is 6.04. The van der Waals surface area contributed by atoms with Gasteiger partial charge >= 0.3 is 0 Å². The van der Waals surface area contributed by atoms with E-state index in [0.717, 1.165) is 9.26 Å². The molecule has 0 aliphatic carbocycles. The first kappa shape index (κ1) is 11.8. The molecule has 1 atom stereocenters. The molecule has 1 unspecified atom stereocenters. The molecular weight excluding hydrogens is 321 g/mol. The van der Waals surface area contributed by atoms with Crippen molar-refractivity contribution < 1.29 is 14.6 Å². The number of halogens is 1. The molecule has 1 heterocycles. The molecule has 0 saturated carbocycles. The van der Waals surface area contributed by atoms with Crippen LogP contribution in [0.15, 0.2) is 24.3 Å². The Morgan fingerprint density at radius 1 is 1.50 bits per heavy atom. The minimum absolute atomic E-state index is 0.331. The summed E-state index contributed by atoms with van der Waals surface area (Å²) in [6, 6.07) is 7.76. The van der Waals surface area contributed by atoms with Gasteiger partial charge in [0.05, 0.1) is 13.2 Å². The maximum Gasteiger partial charge on any atom is 0.221 e. The Morgan fingerprint density at radius 3 is 2.75 bits per heavy atom. The van der Waals surface area contributed by atoms with Crippen molar-refractivity contribution in [2.75, 3.05) is 24.7 Å². The second-order valence-corrected chi connectivity index (χ2v) is 4.84. The van der Waals surface area contributed by atoms with Crippen molar-refractivity contribution in [1.82, 2.24) is 0 Å². The van der Waals surface area contributed by atoms with Crippen LogP contribution in [0.25, 0.3) is 0 Å². The highest BCUT2D eigenvalue weighted by Crippen LogP contribution is 2.28. The summed E-state index contributed by atoms with van der Waals surface area (Å²) >= 11 is 2.22. The molecule has 1 aromatic rings. The highest BCUT2D eigenvalue weighted by molar-refractivity contribution is 14.1. The molecule has 1 N–H and O–H groups in total. The number of carbonyl (C=O) groups is 1. The van der Waals surface area contributed by atoms with Crippen molar-refractivity contribution in [3.8, 4) is 0 Å². The summed E-state index contributed by atoms with van der Waals surface area (Å²) in [7, 11) is 0. The van der Waals surface area contributed by atoms with Crippen LogP contribution in [0, 0.1) is 3.57 Å². The van der Waals surface area contributed by atoms with Crippen molar-refractivity contribution in [1.29, 1.82) is 0 Å². The molecule has 0 aromatic heterocycles. The molecule has 0 amide bonds. The van der Waals surface area contributed by atoms with E-state index in [0.29, 0.717) is 19.4 Å². The molecule has 0 radical (unpaired) electrons. The number of ether oxygens (including phenoxy) is 1. The van der Waals surface area contributed by atoms with E-state index in [1.807, 2.05) is 24.3 Å². The van der Waals surface area contributed by atoms with Crippen LogP contribution in [-0.4, -0.2) is 36.9 Å². The number of carbonyl (C=O) groups excluding carboxylic acids is 1. The van der Waals surface area contributed by atoms with E-state index < -0.39 is 5.72 Å². The fourth-order valence-corrected chi connectivity index (χ4v) is 2.17. The number of hydrogen-bond acceptors (Lipinski definition) is 4. The quantitative estimate of drug-likeness (QED) is 0.663. The normalized spacial score (nSPS) is 24.8. The van der Waals surface area contributed by atoms with Crippen molar-refractivity contribution in [3.05, 3.63) is 27.8 Å². The van der Waals surface area contributed by atoms with Crippen molar-refractivity contribution in [2.24, 2.45) is 0 Å². The summed E-state index contributed by atoms with van der Waals surface area (Å²) in [5.74, 6) is 0. The van der Waals surface area contributed by atoms with Crippen LogP contribution >= 0.6 is 22.6 Å². The van der Waals surface area contributed by atoms with Crippen molar-refractivity contribution >= 4 is 34.6 Å². The zero-order valence-corrected chi connectivity index (χ0v) is 10.8. The monoisotopic (exact) mass is 333 g/mol. The fraction of sp³-hybridized carbons (Fsp3) is 0.364. The van der Waals surface area contributed by atoms with Crippen LogP contribution in [0.2, 0.25) is 0 Å². The Kier molecular flexibility index (Phi) is 3.46. The zero-order chi connectivity index (χ0) is 11.6. The van der Waals surface area contributed by atoms with Crippen molar-refractivity contribution in [3.63, 3.8) is 0 Å². The second kappa shape index (κ2) is 4.68. The lowest BCUT2D eigenvalue weighted by atomic mass is 10.2. The van der Waals surface area contributed by atoms with Crippen LogP contribution in [0.5, 0.6) is 0 Å². The van der Waals surface area contributed by atoms with Gasteiger partial charge in [-0.25, -0.2) is 0 Å². The summed E-state index contributed by atoms with van der Waals surface area (Å²) in [4.78, 5) is 12.9. The number of hydrogen-bond donors (Lipinski definition) is 1. The summed E-state index contributed by atoms with van der Waals surface area (Å²) < 4.78 is 6.47. The fourth-order valence-electron chi connectivity index (χ4n) is 1.82. The number of aldehydes is 1. The Morgan fingerprint density at radius 2 is 2.19 bits per heavy atom. The SMILES string of the molecule is O=CC1(CO)OCCN1c1ccc(I)cc1. The Balaban J connectivity index is 2.32. The standard InChI is InChI=1S/C11H12INO3/c12-9-1-3-10(4-2-9)13-5-6-16-11(13,7-14)8-15/h1-4,7,15H,5-6,8H2. The molecule has 1 aliphatic rings. The lowest BCUT2D eigenvalue weighted by Gasteiger charge is -2.32. The topological polar surface area (TPSA) is 49.8 Å². The molecule has 2 rings (SSSR count). The predicted molar refractivity (Wildman–Crippen MR) is 68.3 cm³/mol. The smallest absolute Gasteiger partial charge is 0.221 e. The molecule has 86 valence electrons. The highest BCUT2D eigenvalue weighted by atomic mass is 127. The molecule has 1 saturated heterocycles. The summed E-state index contributed by atoms with van der Waals surface area (Å²) in [5.41, 5.74) is -0.314. The average Bonchev–Trinajstić information content (AvgIpc) is 2.74. The third kappa shape index (κ3) is 1.94. The third-order valence-electron chi connectivity index (χ3n) is 2.67. The highest BCUT2D eigenvalue weighted by Gasteiger charge is 2.42. The predicted octanol–water partition coefficient (Wildman–Crippen LogP) is 1.02. The molecule has 1 aromatic carbocycles. The Hall–Kier alpha value is -0.660. The van der Waals surface area contributed by atoms with Gasteiger partial charge in [-0.05, 0) is 46.9 Å². The van der Waals surface area contributed by atoms with E-state index >= 15 is 0 Å². The van der Waals surface area contributed by atoms with Crippen molar-refractivity contribution in [2.45, 2.75) is 5.72 Å². The summed E-state index contributed by atoms with van der Waals surface area (Å²) in [5, 5.41) is 9.30. The van der Waals surface area contributed by atoms with Gasteiger partial charge in [0.2, 0.25) is 5.72 Å². The van der Waals surface area contributed by atoms with Gasteiger partial charge in [0, 0.05) is 15.8 Å². The minimum Gasteiger partial charge on any atom is -0.391 e. The lowest BCUT2D eigenvalue weighted by Crippen LogP contribution is -2.50. The molecule has 1 aliphatic heterocycles. The van der Waals surface area contributed by atoms with Gasteiger partial charge < -0.3 is 14.7 Å². The molecule has 1 fully saturated rings. The van der Waals surface area contributed by atoms with Gasteiger partial charge in [-0.3, -0.25) is 4.79 Å². The first-order valence-electron chi connectivity index (χ1n) is 4.96. The van der Waals surface area contributed by atoms with Gasteiger partial charge in [-0.15, -0.1) is 0 Å². The van der Waals surface area contributed by atoms with Gasteiger partial charge in [0.1, 0.15) is 0 Å². The van der Waals surface area contributed by atoms with Crippen LogP contribution in [-0.2, 0) is 9.53 Å². The number of rotatable bonds is 3. The van der Waals surface area contributed by atoms with E-state index in [1.165, 1.54) is 0 Å². The van der Waals surface area contributed by atoms with E-state index in [-0.39, 0.29) is 6.61 Å². The van der Waals surface area contributed by atoms with Gasteiger partial charge in [0.25, 0.3) is 0 Å². The largest absolute Gasteiger partial charge is 0.391 e. The van der Waals surface area contributed by atoms with Gasteiger partial charge in [-0.1, -0.05) is 0 Å². The number of nitrogens with zero attached hydrogens (tertiary/aromatic N) is 1. The average molecular weight is 333 g/mol. The van der Waals surface area contributed by atoms with Gasteiger partial charge in [-0.2, -0.15) is 0 Å². The number of benzene rings is 1. The Bertz CT molecular complexity index is 381.